The molecule has 18 heavy (non-hydrogen) atoms. The van der Waals surface area contributed by atoms with E-state index in [-0.39, 0.29) is 6.09 Å². The lowest BCUT2D eigenvalue weighted by atomic mass is 10.2. The monoisotopic (exact) mass is 244 g/mol. The summed E-state index contributed by atoms with van der Waals surface area (Å²) in [5.74, 6) is 0.549. The van der Waals surface area contributed by atoms with E-state index in [0.29, 0.717) is 18.8 Å². The summed E-state index contributed by atoms with van der Waals surface area (Å²) in [5, 5.41) is 2.04. The Kier molecular flexibility index (Phi) is 3.77. The maximum Gasteiger partial charge on any atom is 0.415 e. The van der Waals surface area contributed by atoms with Gasteiger partial charge in [0.25, 0.3) is 0 Å². The average Bonchev–Trinajstić information content (AvgIpc) is 2.40. The van der Waals surface area contributed by atoms with Crippen LogP contribution < -0.4 is 4.74 Å². The SMILES string of the molecule is CCN(CC)C(=O)Oc1ccc2ccncc2c1. The maximum absolute atomic E-state index is 11.8. The molecule has 1 aromatic heterocycles. The van der Waals surface area contributed by atoms with E-state index in [1.807, 2.05) is 32.0 Å². The number of amides is 1. The van der Waals surface area contributed by atoms with Gasteiger partial charge in [0, 0.05) is 30.9 Å². The van der Waals surface area contributed by atoms with Gasteiger partial charge in [0.2, 0.25) is 0 Å². The van der Waals surface area contributed by atoms with Gasteiger partial charge in [0.15, 0.2) is 0 Å². The number of pyridine rings is 1. The van der Waals surface area contributed by atoms with Gasteiger partial charge < -0.3 is 9.64 Å². The molecule has 0 atom stereocenters. The van der Waals surface area contributed by atoms with Crippen LogP contribution in [0.1, 0.15) is 13.8 Å². The van der Waals surface area contributed by atoms with Crippen molar-refractivity contribution < 1.29 is 9.53 Å². The van der Waals surface area contributed by atoms with Gasteiger partial charge in [0.1, 0.15) is 5.75 Å². The Morgan fingerprint density at radius 1 is 1.22 bits per heavy atom. The highest BCUT2D eigenvalue weighted by Gasteiger charge is 2.11. The lowest BCUT2D eigenvalue weighted by Crippen LogP contribution is -2.33. The lowest BCUT2D eigenvalue weighted by Gasteiger charge is -2.17. The molecular weight excluding hydrogens is 228 g/mol. The fourth-order valence-electron chi connectivity index (χ4n) is 1.77. The fourth-order valence-corrected chi connectivity index (χ4v) is 1.77. The molecule has 2 aromatic rings. The molecule has 0 saturated carbocycles. The summed E-state index contributed by atoms with van der Waals surface area (Å²) in [7, 11) is 0. The highest BCUT2D eigenvalue weighted by molar-refractivity contribution is 5.83. The molecule has 0 spiro atoms. The second-order valence-electron chi connectivity index (χ2n) is 3.92. The topological polar surface area (TPSA) is 42.4 Å². The van der Waals surface area contributed by atoms with Gasteiger partial charge in [-0.1, -0.05) is 6.07 Å². The molecular formula is C14H16N2O2. The third kappa shape index (κ3) is 2.59. The van der Waals surface area contributed by atoms with E-state index in [1.54, 1.807) is 23.4 Å². The van der Waals surface area contributed by atoms with Gasteiger partial charge in [-0.15, -0.1) is 0 Å². The van der Waals surface area contributed by atoms with Crippen LogP contribution in [0.5, 0.6) is 5.75 Å². The zero-order valence-electron chi connectivity index (χ0n) is 10.6. The highest BCUT2D eigenvalue weighted by Crippen LogP contribution is 2.20. The van der Waals surface area contributed by atoms with Crippen molar-refractivity contribution in [2.75, 3.05) is 13.1 Å². The van der Waals surface area contributed by atoms with Crippen LogP contribution in [0.4, 0.5) is 4.79 Å². The number of fused-ring (bicyclic) bond motifs is 1. The van der Waals surface area contributed by atoms with E-state index in [4.69, 9.17) is 4.74 Å². The normalized spacial score (nSPS) is 10.3. The Hall–Kier alpha value is -2.10. The molecule has 0 fully saturated rings. The predicted molar refractivity (Wildman–Crippen MR) is 70.7 cm³/mol. The van der Waals surface area contributed by atoms with Gasteiger partial charge in [-0.05, 0) is 37.4 Å². The number of rotatable bonds is 3. The van der Waals surface area contributed by atoms with Gasteiger partial charge in [-0.3, -0.25) is 4.98 Å². The number of carbonyl (C=O) groups excluding carboxylic acids is 1. The first-order valence-electron chi connectivity index (χ1n) is 6.05. The summed E-state index contributed by atoms with van der Waals surface area (Å²) >= 11 is 0. The maximum atomic E-state index is 11.8. The summed E-state index contributed by atoms with van der Waals surface area (Å²) in [4.78, 5) is 17.5. The minimum absolute atomic E-state index is 0.316. The predicted octanol–water partition coefficient (Wildman–Crippen LogP) is 3.08. The standard InChI is InChI=1S/C14H16N2O2/c1-3-16(4-2)14(17)18-13-6-5-11-7-8-15-10-12(11)9-13/h5-10H,3-4H2,1-2H3. The van der Waals surface area contributed by atoms with Crippen LogP contribution in [-0.4, -0.2) is 29.1 Å². The van der Waals surface area contributed by atoms with Crippen molar-refractivity contribution in [1.82, 2.24) is 9.88 Å². The minimum atomic E-state index is -0.316. The zero-order chi connectivity index (χ0) is 13.0. The molecule has 4 heteroatoms. The minimum Gasteiger partial charge on any atom is -0.410 e. The molecule has 4 nitrogen and oxygen atoms in total. The quantitative estimate of drug-likeness (QED) is 0.833. The Labute approximate surface area is 106 Å². The van der Waals surface area contributed by atoms with Crippen molar-refractivity contribution in [3.8, 4) is 5.75 Å². The molecule has 0 saturated heterocycles. The molecule has 1 amide bonds. The van der Waals surface area contributed by atoms with E-state index < -0.39 is 0 Å². The Balaban J connectivity index is 2.19. The number of hydrogen-bond donors (Lipinski definition) is 0. The molecule has 0 aliphatic heterocycles. The second-order valence-corrected chi connectivity index (χ2v) is 3.92. The first-order valence-corrected chi connectivity index (χ1v) is 6.05. The molecule has 0 N–H and O–H groups in total. The van der Waals surface area contributed by atoms with E-state index in [9.17, 15) is 4.79 Å². The van der Waals surface area contributed by atoms with Crippen molar-refractivity contribution in [3.63, 3.8) is 0 Å². The van der Waals surface area contributed by atoms with E-state index in [1.165, 1.54) is 0 Å². The fraction of sp³-hybridized carbons (Fsp3) is 0.286. The van der Waals surface area contributed by atoms with Gasteiger partial charge in [0.05, 0.1) is 0 Å². The summed E-state index contributed by atoms with van der Waals surface area (Å²) < 4.78 is 5.33. The highest BCUT2D eigenvalue weighted by atomic mass is 16.6. The number of benzene rings is 1. The Morgan fingerprint density at radius 3 is 2.72 bits per heavy atom. The molecule has 94 valence electrons. The smallest absolute Gasteiger partial charge is 0.410 e. The van der Waals surface area contributed by atoms with Crippen LogP contribution in [0, 0.1) is 0 Å². The number of hydrogen-bond acceptors (Lipinski definition) is 3. The van der Waals surface area contributed by atoms with Crippen LogP contribution in [0.2, 0.25) is 0 Å². The van der Waals surface area contributed by atoms with E-state index >= 15 is 0 Å². The second kappa shape index (κ2) is 5.49. The van der Waals surface area contributed by atoms with Gasteiger partial charge >= 0.3 is 6.09 Å². The largest absolute Gasteiger partial charge is 0.415 e. The van der Waals surface area contributed by atoms with Crippen LogP contribution in [0.15, 0.2) is 36.7 Å². The zero-order valence-corrected chi connectivity index (χ0v) is 10.6. The lowest BCUT2D eigenvalue weighted by molar-refractivity contribution is 0.157. The van der Waals surface area contributed by atoms with Crippen molar-refractivity contribution in [1.29, 1.82) is 0 Å². The third-order valence-electron chi connectivity index (χ3n) is 2.84. The van der Waals surface area contributed by atoms with Crippen molar-refractivity contribution in [3.05, 3.63) is 36.7 Å². The molecule has 2 rings (SSSR count). The molecule has 0 aliphatic rings. The molecule has 1 heterocycles. The third-order valence-corrected chi connectivity index (χ3v) is 2.84. The number of nitrogens with zero attached hydrogens (tertiary/aromatic N) is 2. The summed E-state index contributed by atoms with van der Waals surface area (Å²) in [6.45, 7) is 5.14. The van der Waals surface area contributed by atoms with Crippen molar-refractivity contribution in [2.45, 2.75) is 13.8 Å². The van der Waals surface area contributed by atoms with E-state index in [0.717, 1.165) is 10.8 Å². The van der Waals surface area contributed by atoms with Crippen molar-refractivity contribution in [2.24, 2.45) is 0 Å². The summed E-state index contributed by atoms with van der Waals surface area (Å²) in [6, 6.07) is 7.46. The summed E-state index contributed by atoms with van der Waals surface area (Å²) in [5.41, 5.74) is 0. The summed E-state index contributed by atoms with van der Waals surface area (Å²) in [6.07, 6.45) is 3.18. The van der Waals surface area contributed by atoms with Gasteiger partial charge in [-0.2, -0.15) is 0 Å². The van der Waals surface area contributed by atoms with Gasteiger partial charge in [-0.25, -0.2) is 4.79 Å². The van der Waals surface area contributed by atoms with Crippen LogP contribution in [-0.2, 0) is 0 Å². The number of carbonyl (C=O) groups is 1. The number of aromatic nitrogens is 1. The number of ether oxygens (including phenoxy) is 1. The molecule has 1 aromatic carbocycles. The van der Waals surface area contributed by atoms with Crippen LogP contribution in [0.25, 0.3) is 10.8 Å². The van der Waals surface area contributed by atoms with Crippen LogP contribution >= 0.6 is 0 Å². The molecule has 0 radical (unpaired) electrons. The Bertz CT molecular complexity index is 550. The first kappa shape index (κ1) is 12.4. The van der Waals surface area contributed by atoms with Crippen molar-refractivity contribution >= 4 is 16.9 Å². The van der Waals surface area contributed by atoms with E-state index in [2.05, 4.69) is 4.98 Å². The van der Waals surface area contributed by atoms with Crippen LogP contribution in [0.3, 0.4) is 0 Å². The molecule has 0 bridgehead atoms. The Morgan fingerprint density at radius 2 is 2.00 bits per heavy atom. The molecule has 0 aliphatic carbocycles. The molecule has 0 unspecified atom stereocenters. The first-order chi connectivity index (χ1) is 8.74. The average molecular weight is 244 g/mol.